The molecule has 4 rings (SSSR count). The fourth-order valence-electron chi connectivity index (χ4n) is 3.24. The molecule has 0 radical (unpaired) electrons. The van der Waals surface area contributed by atoms with Crippen molar-refractivity contribution in [3.8, 4) is 5.75 Å². The molecular weight excluding hydrogens is 355 g/mol. The van der Waals surface area contributed by atoms with Gasteiger partial charge in [0.05, 0.1) is 18.1 Å². The predicted molar refractivity (Wildman–Crippen MR) is 97.2 cm³/mol. The van der Waals surface area contributed by atoms with Gasteiger partial charge in [-0.25, -0.2) is 9.37 Å². The smallest absolute Gasteiger partial charge is 0.312 e. The van der Waals surface area contributed by atoms with Crippen LogP contribution in [-0.2, 0) is 24.2 Å². The van der Waals surface area contributed by atoms with Gasteiger partial charge in [0.2, 0.25) is 0 Å². The maximum atomic E-state index is 12.9. The Kier molecular flexibility index (Phi) is 4.55. The molecule has 0 spiro atoms. The molecule has 3 aromatic rings. The van der Waals surface area contributed by atoms with E-state index in [0.717, 1.165) is 36.1 Å². The van der Waals surface area contributed by atoms with Crippen molar-refractivity contribution in [1.29, 1.82) is 0 Å². The van der Waals surface area contributed by atoms with Gasteiger partial charge in [-0.1, -0.05) is 0 Å². The minimum Gasteiger partial charge on any atom is -0.426 e. The van der Waals surface area contributed by atoms with Crippen LogP contribution in [0.25, 0.3) is 10.2 Å². The minimum absolute atomic E-state index is 0.0385. The average Bonchev–Trinajstić information content (AvgIpc) is 3.02. The highest BCUT2D eigenvalue weighted by atomic mass is 32.1. The molecule has 0 fully saturated rings. The first-order valence-corrected chi connectivity index (χ1v) is 9.39. The third-order valence-electron chi connectivity index (χ3n) is 4.54. The van der Waals surface area contributed by atoms with E-state index in [-0.39, 0.29) is 24.3 Å². The van der Waals surface area contributed by atoms with Crippen LogP contribution in [0.2, 0.25) is 0 Å². The Balaban J connectivity index is 1.50. The standard InChI is InChI=1S/C19H17FN2O3S/c20-12-5-7-13(8-6-12)25-16(23)9-10-22-11-21-18-17(19(22)24)14-3-1-2-4-15(14)26-18/h5-8,11H,1-4,9-10H2. The van der Waals surface area contributed by atoms with Gasteiger partial charge in [-0.3, -0.25) is 14.2 Å². The summed E-state index contributed by atoms with van der Waals surface area (Å²) in [7, 11) is 0. The maximum Gasteiger partial charge on any atom is 0.312 e. The second-order valence-electron chi connectivity index (χ2n) is 6.31. The molecule has 1 aromatic carbocycles. The second-order valence-corrected chi connectivity index (χ2v) is 7.40. The van der Waals surface area contributed by atoms with Gasteiger partial charge in [-0.15, -0.1) is 11.3 Å². The first-order valence-electron chi connectivity index (χ1n) is 8.58. The first kappa shape index (κ1) is 16.9. The van der Waals surface area contributed by atoms with Gasteiger partial charge in [-0.05, 0) is 55.5 Å². The lowest BCUT2D eigenvalue weighted by molar-refractivity contribution is -0.134. The van der Waals surface area contributed by atoms with E-state index in [4.69, 9.17) is 4.74 Å². The number of aryl methyl sites for hydroxylation is 3. The third kappa shape index (κ3) is 3.26. The molecule has 0 saturated heterocycles. The quantitative estimate of drug-likeness (QED) is 0.520. The molecule has 0 bridgehead atoms. The summed E-state index contributed by atoms with van der Waals surface area (Å²) in [4.78, 5) is 31.2. The van der Waals surface area contributed by atoms with Crippen molar-refractivity contribution >= 4 is 27.5 Å². The van der Waals surface area contributed by atoms with E-state index in [2.05, 4.69) is 4.98 Å². The number of thiophene rings is 1. The van der Waals surface area contributed by atoms with Crippen LogP contribution in [0.4, 0.5) is 4.39 Å². The number of carbonyl (C=O) groups excluding carboxylic acids is 1. The molecule has 2 aromatic heterocycles. The van der Waals surface area contributed by atoms with Gasteiger partial charge >= 0.3 is 5.97 Å². The fraction of sp³-hybridized carbons (Fsp3) is 0.316. The van der Waals surface area contributed by atoms with E-state index in [0.29, 0.717) is 5.39 Å². The predicted octanol–water partition coefficient (Wildman–Crippen LogP) is 3.47. The Morgan fingerprint density at radius 2 is 2.00 bits per heavy atom. The zero-order valence-electron chi connectivity index (χ0n) is 14.0. The van der Waals surface area contributed by atoms with Gasteiger partial charge in [0.15, 0.2) is 0 Å². The van der Waals surface area contributed by atoms with E-state index in [1.54, 1.807) is 11.3 Å². The number of halogens is 1. The highest BCUT2D eigenvalue weighted by Gasteiger charge is 2.20. The SMILES string of the molecule is O=C(CCn1cnc2sc3c(c2c1=O)CCCC3)Oc1ccc(F)cc1. The van der Waals surface area contributed by atoms with Crippen molar-refractivity contribution in [2.75, 3.05) is 0 Å². The van der Waals surface area contributed by atoms with Crippen LogP contribution < -0.4 is 10.3 Å². The Hall–Kier alpha value is -2.54. The fourth-order valence-corrected chi connectivity index (χ4v) is 4.46. The van der Waals surface area contributed by atoms with E-state index < -0.39 is 11.8 Å². The van der Waals surface area contributed by atoms with Crippen molar-refractivity contribution in [3.63, 3.8) is 0 Å². The summed E-state index contributed by atoms with van der Waals surface area (Å²) in [5.41, 5.74) is 1.04. The highest BCUT2D eigenvalue weighted by molar-refractivity contribution is 7.18. The van der Waals surface area contributed by atoms with E-state index in [9.17, 15) is 14.0 Å². The van der Waals surface area contributed by atoms with Crippen LogP contribution in [0.1, 0.15) is 29.7 Å². The number of esters is 1. The molecule has 0 aliphatic heterocycles. The summed E-state index contributed by atoms with van der Waals surface area (Å²) in [6, 6.07) is 5.24. The Morgan fingerprint density at radius 3 is 2.81 bits per heavy atom. The molecule has 0 saturated carbocycles. The van der Waals surface area contributed by atoms with E-state index >= 15 is 0 Å². The van der Waals surface area contributed by atoms with Crippen LogP contribution in [0.15, 0.2) is 35.4 Å². The van der Waals surface area contributed by atoms with E-state index in [1.165, 1.54) is 40.0 Å². The largest absolute Gasteiger partial charge is 0.426 e. The van der Waals surface area contributed by atoms with Crippen LogP contribution in [0.5, 0.6) is 5.75 Å². The zero-order chi connectivity index (χ0) is 18.1. The molecule has 0 unspecified atom stereocenters. The number of nitrogens with zero attached hydrogens (tertiary/aromatic N) is 2. The van der Waals surface area contributed by atoms with Crippen LogP contribution in [0, 0.1) is 5.82 Å². The van der Waals surface area contributed by atoms with Gasteiger partial charge in [-0.2, -0.15) is 0 Å². The Morgan fingerprint density at radius 1 is 1.23 bits per heavy atom. The number of fused-ring (bicyclic) bond motifs is 3. The van der Waals surface area contributed by atoms with Crippen molar-refractivity contribution in [1.82, 2.24) is 9.55 Å². The Bertz CT molecular complexity index is 1020. The summed E-state index contributed by atoms with van der Waals surface area (Å²) in [6.07, 6.45) is 5.72. The van der Waals surface area contributed by atoms with Gasteiger partial charge in [0, 0.05) is 11.4 Å². The summed E-state index contributed by atoms with van der Waals surface area (Å²) < 4.78 is 19.5. The lowest BCUT2D eigenvalue weighted by atomic mass is 9.97. The molecule has 0 atom stereocenters. The van der Waals surface area contributed by atoms with Crippen LogP contribution >= 0.6 is 11.3 Å². The highest BCUT2D eigenvalue weighted by Crippen LogP contribution is 2.33. The van der Waals surface area contributed by atoms with Crippen molar-refractivity contribution < 1.29 is 13.9 Å². The summed E-state index contributed by atoms with van der Waals surface area (Å²) >= 11 is 1.60. The first-order chi connectivity index (χ1) is 12.6. The number of hydrogen-bond donors (Lipinski definition) is 0. The van der Waals surface area contributed by atoms with Crippen molar-refractivity contribution in [2.24, 2.45) is 0 Å². The number of benzene rings is 1. The molecular formula is C19H17FN2O3S. The monoisotopic (exact) mass is 372 g/mol. The molecule has 26 heavy (non-hydrogen) atoms. The van der Waals surface area contributed by atoms with Gasteiger partial charge in [0.1, 0.15) is 16.4 Å². The molecule has 134 valence electrons. The lowest BCUT2D eigenvalue weighted by Crippen LogP contribution is -2.23. The van der Waals surface area contributed by atoms with Gasteiger partial charge < -0.3 is 4.74 Å². The molecule has 1 aliphatic rings. The summed E-state index contributed by atoms with van der Waals surface area (Å²) in [6.45, 7) is 0.201. The second kappa shape index (κ2) is 6.99. The van der Waals surface area contributed by atoms with Gasteiger partial charge in [0.25, 0.3) is 5.56 Å². The van der Waals surface area contributed by atoms with Crippen molar-refractivity contribution in [2.45, 2.75) is 38.6 Å². The minimum atomic E-state index is -0.476. The molecule has 2 heterocycles. The average molecular weight is 372 g/mol. The Labute approximate surface area is 153 Å². The zero-order valence-corrected chi connectivity index (χ0v) is 14.9. The van der Waals surface area contributed by atoms with Crippen LogP contribution in [0.3, 0.4) is 0 Å². The van der Waals surface area contributed by atoms with Crippen LogP contribution in [-0.4, -0.2) is 15.5 Å². The number of hydrogen-bond acceptors (Lipinski definition) is 5. The summed E-state index contributed by atoms with van der Waals surface area (Å²) in [5, 5.41) is 0.708. The molecule has 0 N–H and O–H groups in total. The number of carbonyl (C=O) groups is 1. The topological polar surface area (TPSA) is 61.2 Å². The van der Waals surface area contributed by atoms with Crippen molar-refractivity contribution in [3.05, 3.63) is 57.2 Å². The molecule has 7 heteroatoms. The maximum absolute atomic E-state index is 12.9. The van der Waals surface area contributed by atoms with E-state index in [1.807, 2.05) is 0 Å². The molecule has 5 nitrogen and oxygen atoms in total. The number of ether oxygens (including phenoxy) is 1. The number of aromatic nitrogens is 2. The molecule has 1 aliphatic carbocycles. The number of rotatable bonds is 4. The third-order valence-corrected chi connectivity index (χ3v) is 5.74. The normalized spacial score (nSPS) is 13.6. The summed E-state index contributed by atoms with van der Waals surface area (Å²) in [5.74, 6) is -0.588. The lowest BCUT2D eigenvalue weighted by Gasteiger charge is -2.10. The molecule has 0 amide bonds.